The van der Waals surface area contributed by atoms with Crippen molar-refractivity contribution in [2.75, 3.05) is 44.7 Å². The van der Waals surface area contributed by atoms with Crippen LogP contribution in [0.1, 0.15) is 31.7 Å². The highest BCUT2D eigenvalue weighted by Crippen LogP contribution is 2.34. The summed E-state index contributed by atoms with van der Waals surface area (Å²) in [5, 5.41) is 14.8. The molecule has 1 N–H and O–H groups in total. The average molecular weight is 319 g/mol. The van der Waals surface area contributed by atoms with Crippen molar-refractivity contribution in [3.8, 4) is 0 Å². The van der Waals surface area contributed by atoms with E-state index in [4.69, 9.17) is 0 Å². The molecule has 1 aromatic rings. The van der Waals surface area contributed by atoms with E-state index in [0.29, 0.717) is 6.04 Å². The monoisotopic (exact) mass is 319 g/mol. The number of carbonyl (C=O) groups is 1. The van der Waals surface area contributed by atoms with Crippen LogP contribution in [0.4, 0.5) is 10.5 Å². The van der Waals surface area contributed by atoms with Gasteiger partial charge in [-0.2, -0.15) is 5.10 Å². The lowest BCUT2D eigenvalue weighted by Crippen LogP contribution is -2.47. The lowest BCUT2D eigenvalue weighted by molar-refractivity contribution is -0.0552. The van der Waals surface area contributed by atoms with Gasteiger partial charge >= 0.3 is 6.03 Å². The number of aliphatic hydroxyl groups is 1. The van der Waals surface area contributed by atoms with Gasteiger partial charge in [-0.25, -0.2) is 4.79 Å². The van der Waals surface area contributed by atoms with Gasteiger partial charge in [-0.3, -0.25) is 14.5 Å². The molecular formula is C16H25N5O2. The first kappa shape index (κ1) is 15.0. The molecule has 1 aromatic heterocycles. The summed E-state index contributed by atoms with van der Waals surface area (Å²) in [6.07, 6.45) is 7.84. The third-order valence-corrected chi connectivity index (χ3v) is 5.54. The standard InChI is InChI=1S/C16H25N5O2/c1-18-7-8-20(15(18)22)14-9-17-21(11-14)13-3-6-19(10-13)12-16(23)4-2-5-16/h9,11,13,23H,2-8,10,12H2,1H3. The molecule has 7 heteroatoms. The second-order valence-electron chi connectivity index (χ2n) is 7.29. The summed E-state index contributed by atoms with van der Waals surface area (Å²) in [6.45, 7) is 4.21. The lowest BCUT2D eigenvalue weighted by Gasteiger charge is -2.39. The third-order valence-electron chi connectivity index (χ3n) is 5.54. The van der Waals surface area contributed by atoms with Gasteiger partial charge in [0.25, 0.3) is 0 Å². The number of nitrogens with zero attached hydrogens (tertiary/aromatic N) is 5. The van der Waals surface area contributed by atoms with Crippen molar-refractivity contribution < 1.29 is 9.90 Å². The number of rotatable bonds is 4. The summed E-state index contributed by atoms with van der Waals surface area (Å²) in [5.74, 6) is 0. The number of anilines is 1. The molecule has 2 amide bonds. The normalized spacial score (nSPS) is 27.7. The van der Waals surface area contributed by atoms with E-state index >= 15 is 0 Å². The van der Waals surface area contributed by atoms with Crippen molar-refractivity contribution in [1.29, 1.82) is 0 Å². The molecule has 23 heavy (non-hydrogen) atoms. The van der Waals surface area contributed by atoms with Crippen LogP contribution in [0.2, 0.25) is 0 Å². The zero-order valence-corrected chi connectivity index (χ0v) is 13.7. The first-order valence-corrected chi connectivity index (χ1v) is 8.56. The number of hydrogen-bond donors (Lipinski definition) is 1. The first-order chi connectivity index (χ1) is 11.0. The number of urea groups is 1. The van der Waals surface area contributed by atoms with Gasteiger partial charge < -0.3 is 10.0 Å². The minimum Gasteiger partial charge on any atom is -0.389 e. The van der Waals surface area contributed by atoms with Gasteiger partial charge in [-0.1, -0.05) is 0 Å². The topological polar surface area (TPSA) is 64.8 Å². The van der Waals surface area contributed by atoms with Crippen LogP contribution in [0.3, 0.4) is 0 Å². The van der Waals surface area contributed by atoms with Gasteiger partial charge in [0.15, 0.2) is 0 Å². The molecule has 1 atom stereocenters. The minimum absolute atomic E-state index is 0.0461. The zero-order valence-electron chi connectivity index (χ0n) is 13.7. The SMILES string of the molecule is CN1CCN(c2cnn(C3CCN(CC4(O)CCC4)C3)c2)C1=O. The van der Waals surface area contributed by atoms with E-state index in [9.17, 15) is 9.90 Å². The first-order valence-electron chi connectivity index (χ1n) is 8.56. The highest BCUT2D eigenvalue weighted by atomic mass is 16.3. The lowest BCUT2D eigenvalue weighted by atomic mass is 9.80. The molecule has 3 heterocycles. The summed E-state index contributed by atoms with van der Waals surface area (Å²) in [5.41, 5.74) is 0.437. The van der Waals surface area contributed by atoms with Crippen molar-refractivity contribution in [2.24, 2.45) is 0 Å². The highest BCUT2D eigenvalue weighted by Gasteiger charge is 2.38. The molecule has 4 rings (SSSR count). The minimum atomic E-state index is -0.448. The number of carbonyl (C=O) groups excluding carboxylic acids is 1. The summed E-state index contributed by atoms with van der Waals surface area (Å²) in [4.78, 5) is 17.9. The molecule has 0 spiro atoms. The Hall–Kier alpha value is -1.60. The van der Waals surface area contributed by atoms with Crippen molar-refractivity contribution in [3.05, 3.63) is 12.4 Å². The van der Waals surface area contributed by atoms with Gasteiger partial charge in [0.1, 0.15) is 0 Å². The third kappa shape index (κ3) is 2.72. The van der Waals surface area contributed by atoms with Crippen LogP contribution in [0.15, 0.2) is 12.4 Å². The Morgan fingerprint density at radius 1 is 1.35 bits per heavy atom. The maximum absolute atomic E-state index is 12.1. The zero-order chi connectivity index (χ0) is 16.0. The van der Waals surface area contributed by atoms with Crippen LogP contribution in [-0.2, 0) is 0 Å². The Morgan fingerprint density at radius 2 is 2.17 bits per heavy atom. The molecule has 1 unspecified atom stereocenters. The molecule has 126 valence electrons. The number of likely N-dealkylation sites (tertiary alicyclic amines) is 1. The predicted molar refractivity (Wildman–Crippen MR) is 86.5 cm³/mol. The quantitative estimate of drug-likeness (QED) is 0.896. The van der Waals surface area contributed by atoms with E-state index in [1.165, 1.54) is 0 Å². The van der Waals surface area contributed by atoms with Crippen molar-refractivity contribution in [2.45, 2.75) is 37.3 Å². The number of hydrogen-bond acceptors (Lipinski definition) is 4. The Labute approximate surface area is 136 Å². The number of β-amino-alcohol motifs (C(OH)–C–C–N with tert-alkyl or cyclic N) is 1. The fourth-order valence-corrected chi connectivity index (χ4v) is 3.88. The summed E-state index contributed by atoms with van der Waals surface area (Å²) in [6, 6.07) is 0.382. The summed E-state index contributed by atoms with van der Waals surface area (Å²) in [7, 11) is 1.83. The van der Waals surface area contributed by atoms with Crippen LogP contribution in [0.5, 0.6) is 0 Å². The maximum Gasteiger partial charge on any atom is 0.324 e. The van der Waals surface area contributed by atoms with Gasteiger partial charge in [0.2, 0.25) is 0 Å². The van der Waals surface area contributed by atoms with Crippen molar-refractivity contribution in [3.63, 3.8) is 0 Å². The fourth-order valence-electron chi connectivity index (χ4n) is 3.88. The summed E-state index contributed by atoms with van der Waals surface area (Å²) < 4.78 is 1.99. The second kappa shape index (κ2) is 5.49. The molecule has 2 aliphatic heterocycles. The molecule has 3 aliphatic rings. The summed E-state index contributed by atoms with van der Waals surface area (Å²) >= 11 is 0. The van der Waals surface area contributed by atoms with E-state index < -0.39 is 5.60 Å². The van der Waals surface area contributed by atoms with Gasteiger partial charge in [-0.05, 0) is 25.7 Å². The predicted octanol–water partition coefficient (Wildman–Crippen LogP) is 0.917. The number of aromatic nitrogens is 2. The average Bonchev–Trinajstić information content (AvgIpc) is 3.19. The van der Waals surface area contributed by atoms with E-state index in [1.807, 2.05) is 17.9 Å². The molecule has 1 aliphatic carbocycles. The van der Waals surface area contributed by atoms with Crippen LogP contribution >= 0.6 is 0 Å². The Morgan fingerprint density at radius 3 is 2.83 bits per heavy atom. The molecule has 0 radical (unpaired) electrons. The number of likely N-dealkylation sites (N-methyl/N-ethyl adjacent to an activating group) is 1. The molecule has 1 saturated carbocycles. The molecule has 3 fully saturated rings. The van der Waals surface area contributed by atoms with Crippen LogP contribution in [-0.4, -0.2) is 76.1 Å². The van der Waals surface area contributed by atoms with Crippen molar-refractivity contribution >= 4 is 11.7 Å². The van der Waals surface area contributed by atoms with E-state index in [1.54, 1.807) is 16.0 Å². The Balaban J connectivity index is 1.39. The molecular weight excluding hydrogens is 294 g/mol. The molecule has 0 aromatic carbocycles. The van der Waals surface area contributed by atoms with E-state index in [2.05, 4.69) is 10.00 Å². The van der Waals surface area contributed by atoms with E-state index in [-0.39, 0.29) is 6.03 Å². The number of amides is 2. The second-order valence-corrected chi connectivity index (χ2v) is 7.29. The van der Waals surface area contributed by atoms with Crippen LogP contribution < -0.4 is 4.90 Å². The van der Waals surface area contributed by atoms with Gasteiger partial charge in [0.05, 0.1) is 23.5 Å². The maximum atomic E-state index is 12.1. The van der Waals surface area contributed by atoms with Crippen LogP contribution in [0.25, 0.3) is 0 Å². The molecule has 7 nitrogen and oxygen atoms in total. The van der Waals surface area contributed by atoms with E-state index in [0.717, 1.165) is 64.1 Å². The Bertz CT molecular complexity index is 597. The molecule has 0 bridgehead atoms. The highest BCUT2D eigenvalue weighted by molar-refractivity contribution is 5.93. The largest absolute Gasteiger partial charge is 0.389 e. The van der Waals surface area contributed by atoms with Crippen LogP contribution in [0, 0.1) is 0 Å². The van der Waals surface area contributed by atoms with Gasteiger partial charge in [0, 0.05) is 46.0 Å². The Kier molecular flexibility index (Phi) is 3.57. The smallest absolute Gasteiger partial charge is 0.324 e. The molecule has 2 saturated heterocycles. The van der Waals surface area contributed by atoms with Crippen molar-refractivity contribution in [1.82, 2.24) is 19.6 Å². The van der Waals surface area contributed by atoms with Gasteiger partial charge in [-0.15, -0.1) is 0 Å². The fraction of sp³-hybridized carbons (Fsp3) is 0.750.